The van der Waals surface area contributed by atoms with E-state index in [2.05, 4.69) is 47.8 Å². The van der Waals surface area contributed by atoms with Crippen LogP contribution in [0.5, 0.6) is 5.75 Å². The summed E-state index contributed by atoms with van der Waals surface area (Å²) in [5.41, 5.74) is 11.8. The molecule has 3 aromatic carbocycles. The number of anilines is 3. The number of hydrogen-bond donors (Lipinski definition) is 6. The molecular weight excluding hydrogens is 570 g/mol. The highest BCUT2D eigenvalue weighted by Crippen LogP contribution is 2.29. The Morgan fingerprint density at radius 2 is 1.24 bits per heavy atom. The van der Waals surface area contributed by atoms with Crippen LogP contribution in [0.3, 0.4) is 0 Å². The molecule has 0 saturated heterocycles. The first-order chi connectivity index (χ1) is 16.2. The zero-order chi connectivity index (χ0) is 25.1. The number of hydrogen-bond acceptors (Lipinski definition) is 4. The second-order valence-corrected chi connectivity index (χ2v) is 8.22. The van der Waals surface area contributed by atoms with Crippen LogP contribution in [0.2, 0.25) is 0 Å². The van der Waals surface area contributed by atoms with Crippen molar-refractivity contribution < 1.29 is 19.5 Å². The Bertz CT molecular complexity index is 1220. The fraction of sp³-hybridized carbons (Fsp3) is 0. The van der Waals surface area contributed by atoms with Gasteiger partial charge in [-0.05, 0) is 68.3 Å². The molecule has 0 aliphatic heterocycles. The number of amides is 5. The summed E-state index contributed by atoms with van der Waals surface area (Å²) in [6.07, 6.45) is 2.49. The van der Waals surface area contributed by atoms with Gasteiger partial charge in [-0.25, -0.2) is 9.59 Å². The van der Waals surface area contributed by atoms with Crippen LogP contribution in [0.25, 0.3) is 6.08 Å². The number of aromatic hydroxyl groups is 1. The number of nitrogens with two attached hydrogens (primary N) is 2. The lowest BCUT2D eigenvalue weighted by Crippen LogP contribution is -2.19. The predicted molar refractivity (Wildman–Crippen MR) is 140 cm³/mol. The fourth-order valence-corrected chi connectivity index (χ4v) is 3.27. The van der Waals surface area contributed by atoms with Crippen LogP contribution in [-0.2, 0) is 4.79 Å². The van der Waals surface area contributed by atoms with Crippen LogP contribution in [0, 0.1) is 0 Å². The number of para-hydroxylation sites is 3. The minimum atomic E-state index is -0.630. The minimum Gasteiger partial charge on any atom is -0.505 e. The van der Waals surface area contributed by atoms with Gasteiger partial charge < -0.3 is 32.5 Å². The van der Waals surface area contributed by atoms with E-state index >= 15 is 0 Å². The minimum absolute atomic E-state index is 0.160. The molecule has 0 radical (unpaired) electrons. The Morgan fingerprint density at radius 3 is 1.76 bits per heavy atom. The lowest BCUT2D eigenvalue weighted by atomic mass is 10.1. The van der Waals surface area contributed by atoms with Crippen molar-refractivity contribution in [1.29, 1.82) is 0 Å². The zero-order valence-electron chi connectivity index (χ0n) is 17.6. The molecule has 0 saturated carbocycles. The van der Waals surface area contributed by atoms with E-state index in [0.29, 0.717) is 16.9 Å². The van der Waals surface area contributed by atoms with E-state index in [0.717, 1.165) is 15.0 Å². The molecule has 9 nitrogen and oxygen atoms in total. The first-order valence-corrected chi connectivity index (χ1v) is 11.2. The second kappa shape index (κ2) is 13.0. The van der Waals surface area contributed by atoms with Gasteiger partial charge in [0.1, 0.15) is 5.75 Å². The van der Waals surface area contributed by atoms with Crippen molar-refractivity contribution in [2.45, 2.75) is 0 Å². The molecule has 0 atom stereocenters. The Labute approximate surface area is 212 Å². The normalized spacial score (nSPS) is 10.1. The van der Waals surface area contributed by atoms with Gasteiger partial charge in [-0.3, -0.25) is 4.79 Å². The summed E-state index contributed by atoms with van der Waals surface area (Å²) >= 11 is 6.58. The quantitative estimate of drug-likeness (QED) is 0.177. The number of nitrogens with one attached hydrogen (secondary N) is 3. The molecule has 0 aromatic heterocycles. The number of benzene rings is 3. The highest BCUT2D eigenvalue weighted by atomic mass is 79.9. The number of urea groups is 2. The number of carbonyl (C=O) groups excluding carboxylic acids is 3. The third kappa shape index (κ3) is 8.60. The summed E-state index contributed by atoms with van der Waals surface area (Å²) in [5, 5.41) is 17.8. The van der Waals surface area contributed by atoms with Gasteiger partial charge in [-0.15, -0.1) is 0 Å². The van der Waals surface area contributed by atoms with Gasteiger partial charge in [0.15, 0.2) is 0 Å². The number of rotatable bonds is 5. The van der Waals surface area contributed by atoms with E-state index in [4.69, 9.17) is 11.5 Å². The summed E-state index contributed by atoms with van der Waals surface area (Å²) in [6, 6.07) is 18.1. The fourth-order valence-electron chi connectivity index (χ4n) is 2.50. The molecule has 11 heteroatoms. The van der Waals surface area contributed by atoms with Crippen molar-refractivity contribution in [2.75, 3.05) is 16.0 Å². The van der Waals surface area contributed by atoms with Crippen LogP contribution in [0.1, 0.15) is 5.56 Å². The summed E-state index contributed by atoms with van der Waals surface area (Å²) in [6.45, 7) is 0. The van der Waals surface area contributed by atoms with Gasteiger partial charge in [0.2, 0.25) is 5.91 Å². The third-order valence-electron chi connectivity index (χ3n) is 4.00. The van der Waals surface area contributed by atoms with Crippen LogP contribution in [0.15, 0.2) is 81.8 Å². The Hall–Kier alpha value is -3.83. The van der Waals surface area contributed by atoms with E-state index in [1.165, 1.54) is 12.1 Å². The summed E-state index contributed by atoms with van der Waals surface area (Å²) in [7, 11) is 0. The highest BCUT2D eigenvalue weighted by molar-refractivity contribution is 9.11. The van der Waals surface area contributed by atoms with Crippen molar-refractivity contribution >= 4 is 73.0 Å². The average Bonchev–Trinajstić information content (AvgIpc) is 2.78. The second-order valence-electron chi connectivity index (χ2n) is 6.51. The van der Waals surface area contributed by atoms with Gasteiger partial charge in [0, 0.05) is 20.6 Å². The summed E-state index contributed by atoms with van der Waals surface area (Å²) < 4.78 is 1.55. The molecular formula is C23H21Br2N5O4. The third-order valence-corrected chi connectivity index (χ3v) is 5.38. The van der Waals surface area contributed by atoms with Gasteiger partial charge in [0.05, 0.1) is 17.1 Å². The van der Waals surface area contributed by atoms with Crippen molar-refractivity contribution in [3.05, 3.63) is 87.3 Å². The van der Waals surface area contributed by atoms with E-state index < -0.39 is 18.0 Å². The van der Waals surface area contributed by atoms with Crippen LogP contribution in [-0.4, -0.2) is 23.1 Å². The SMILES string of the molecule is NC(=O)C=Cc1cccc(NC(=O)Nc2ccccc2Br)c1O.NC(=O)Nc1ccccc1Br. The van der Waals surface area contributed by atoms with Gasteiger partial charge in [0.25, 0.3) is 0 Å². The lowest BCUT2D eigenvalue weighted by Gasteiger charge is -2.11. The van der Waals surface area contributed by atoms with E-state index in [9.17, 15) is 19.5 Å². The van der Waals surface area contributed by atoms with E-state index in [-0.39, 0.29) is 11.4 Å². The number of carbonyl (C=O) groups is 3. The maximum atomic E-state index is 12.0. The number of primary amides is 2. The molecule has 0 heterocycles. The maximum absolute atomic E-state index is 12.0. The molecule has 34 heavy (non-hydrogen) atoms. The molecule has 0 aliphatic rings. The molecule has 3 aromatic rings. The van der Waals surface area contributed by atoms with Crippen molar-refractivity contribution in [3.63, 3.8) is 0 Å². The topological polar surface area (TPSA) is 160 Å². The smallest absolute Gasteiger partial charge is 0.323 e. The van der Waals surface area contributed by atoms with Gasteiger partial charge in [-0.1, -0.05) is 36.4 Å². The maximum Gasteiger partial charge on any atom is 0.323 e. The number of halogens is 2. The van der Waals surface area contributed by atoms with Crippen molar-refractivity contribution in [2.24, 2.45) is 11.5 Å². The first kappa shape index (κ1) is 26.4. The lowest BCUT2D eigenvalue weighted by molar-refractivity contribution is -0.113. The Balaban J connectivity index is 0.000000310. The Kier molecular flexibility index (Phi) is 10.1. The molecule has 0 fully saturated rings. The monoisotopic (exact) mass is 589 g/mol. The molecule has 3 rings (SSSR count). The molecule has 5 amide bonds. The molecule has 8 N–H and O–H groups in total. The average molecular weight is 591 g/mol. The first-order valence-electron chi connectivity index (χ1n) is 9.60. The largest absolute Gasteiger partial charge is 0.505 e. The summed E-state index contributed by atoms with van der Waals surface area (Å²) in [5.74, 6) is -0.790. The molecule has 176 valence electrons. The summed E-state index contributed by atoms with van der Waals surface area (Å²) in [4.78, 5) is 33.2. The Morgan fingerprint density at radius 1 is 0.735 bits per heavy atom. The predicted octanol–water partition coefficient (Wildman–Crippen LogP) is 5.24. The van der Waals surface area contributed by atoms with Crippen molar-refractivity contribution in [1.82, 2.24) is 0 Å². The standard InChI is InChI=1S/C16H14BrN3O3.C7H7BrN2O/c17-11-5-1-2-6-12(11)19-16(23)20-13-7-3-4-10(15(13)22)8-9-14(18)21;8-5-3-1-2-4-6(5)10-7(9)11/h1-9,22H,(H2,18,21)(H2,19,20,23);1-4H,(H3,9,10,11). The highest BCUT2D eigenvalue weighted by Gasteiger charge is 2.10. The van der Waals surface area contributed by atoms with Crippen LogP contribution in [0.4, 0.5) is 26.7 Å². The van der Waals surface area contributed by atoms with Crippen LogP contribution >= 0.6 is 31.9 Å². The van der Waals surface area contributed by atoms with Crippen LogP contribution < -0.4 is 27.4 Å². The molecule has 0 spiro atoms. The van der Waals surface area contributed by atoms with Crippen molar-refractivity contribution in [3.8, 4) is 5.75 Å². The van der Waals surface area contributed by atoms with Gasteiger partial charge in [-0.2, -0.15) is 0 Å². The van der Waals surface area contributed by atoms with Gasteiger partial charge >= 0.3 is 12.1 Å². The van der Waals surface area contributed by atoms with E-state index in [1.54, 1.807) is 36.4 Å². The number of phenolic OH excluding ortho intramolecular Hbond substituents is 1. The molecule has 0 bridgehead atoms. The molecule has 0 unspecified atom stereocenters. The molecule has 0 aliphatic carbocycles. The number of phenols is 1. The van der Waals surface area contributed by atoms with E-state index in [1.807, 2.05) is 24.3 Å². The zero-order valence-corrected chi connectivity index (χ0v) is 20.8.